The van der Waals surface area contributed by atoms with Gasteiger partial charge < -0.3 is 29.8 Å². The molecule has 3 heterocycles. The topological polar surface area (TPSA) is 139 Å². The summed E-state index contributed by atoms with van der Waals surface area (Å²) < 4.78 is 18.2. The maximum Gasteiger partial charge on any atom is 0.251 e. The smallest absolute Gasteiger partial charge is 0.251 e. The first-order valence-corrected chi connectivity index (χ1v) is 11.9. The molecule has 5 aromatic rings. The van der Waals surface area contributed by atoms with E-state index in [1.807, 2.05) is 36.4 Å². The molecule has 0 spiro atoms. The van der Waals surface area contributed by atoms with Crippen molar-refractivity contribution in [2.45, 2.75) is 6.54 Å². The van der Waals surface area contributed by atoms with E-state index in [9.17, 15) is 10.1 Å². The highest BCUT2D eigenvalue weighted by atomic mass is 16.5. The summed E-state index contributed by atoms with van der Waals surface area (Å²) in [6.45, 7) is 0.333. The fraction of sp³-hybridized carbons (Fsp3) is 0.143. The number of H-pyrrole nitrogens is 1. The summed E-state index contributed by atoms with van der Waals surface area (Å²) in [4.78, 5) is 19.7. The van der Waals surface area contributed by atoms with Crippen molar-refractivity contribution in [2.24, 2.45) is 0 Å². The first-order valence-electron chi connectivity index (χ1n) is 11.9. The van der Waals surface area contributed by atoms with Gasteiger partial charge in [0.05, 0.1) is 33.2 Å². The minimum Gasteiger partial charge on any atom is -0.493 e. The lowest BCUT2D eigenvalue weighted by Gasteiger charge is -2.15. The Hall–Kier alpha value is -5.50. The van der Waals surface area contributed by atoms with Gasteiger partial charge in [0.15, 0.2) is 23.0 Å². The van der Waals surface area contributed by atoms with E-state index in [-0.39, 0.29) is 5.91 Å². The Morgan fingerprint density at radius 2 is 1.79 bits per heavy atom. The van der Waals surface area contributed by atoms with E-state index in [0.717, 1.165) is 16.8 Å². The number of hydrogen-bond acceptors (Lipinski definition) is 8. The number of amides is 1. The second-order valence-electron chi connectivity index (χ2n) is 8.44. The minimum absolute atomic E-state index is 0.187. The van der Waals surface area contributed by atoms with Crippen molar-refractivity contribution in [2.75, 3.05) is 26.6 Å². The zero-order chi connectivity index (χ0) is 27.4. The van der Waals surface area contributed by atoms with Crippen LogP contribution >= 0.6 is 0 Å². The Labute approximate surface area is 224 Å². The molecule has 196 valence electrons. The summed E-state index contributed by atoms with van der Waals surface area (Å²) in [5.41, 5.74) is 4.49. The zero-order valence-corrected chi connectivity index (χ0v) is 21.5. The lowest BCUT2D eigenvalue weighted by atomic mass is 10.1. The van der Waals surface area contributed by atoms with Crippen molar-refractivity contribution < 1.29 is 19.0 Å². The van der Waals surface area contributed by atoms with E-state index >= 15 is 0 Å². The molecule has 0 fully saturated rings. The lowest BCUT2D eigenvalue weighted by molar-refractivity contribution is 0.0951. The van der Waals surface area contributed by atoms with Crippen LogP contribution in [-0.2, 0) is 6.54 Å². The second-order valence-corrected chi connectivity index (χ2v) is 8.44. The summed E-state index contributed by atoms with van der Waals surface area (Å²) in [6, 6.07) is 16.8. The maximum atomic E-state index is 12.5. The van der Waals surface area contributed by atoms with E-state index in [1.54, 1.807) is 50.4 Å². The van der Waals surface area contributed by atoms with Gasteiger partial charge in [0.25, 0.3) is 5.91 Å². The fourth-order valence-corrected chi connectivity index (χ4v) is 4.24. The summed E-state index contributed by atoms with van der Waals surface area (Å²) in [5, 5.41) is 20.4. The fourth-order valence-electron chi connectivity index (χ4n) is 4.24. The average molecular weight is 524 g/mol. The first-order chi connectivity index (χ1) is 19.1. The van der Waals surface area contributed by atoms with Gasteiger partial charge in [-0.1, -0.05) is 12.1 Å². The van der Waals surface area contributed by atoms with Gasteiger partial charge in [-0.2, -0.15) is 14.9 Å². The number of methoxy groups -OCH3 is 3. The predicted molar refractivity (Wildman–Crippen MR) is 144 cm³/mol. The van der Waals surface area contributed by atoms with Crippen LogP contribution in [0.2, 0.25) is 0 Å². The molecule has 5 rings (SSSR count). The molecule has 3 N–H and O–H groups in total. The number of pyridine rings is 1. The molecule has 0 aliphatic carbocycles. The standard InChI is InChI=1S/C28H25N7O4/c1-37-22-12-19(13-23(38-2)25(22)39-3)24-27(35-26(34-24)20(14-29)16-32-35)33-21-6-4-5-17(11-21)15-31-28(36)18-7-9-30-10-8-18/h4-13,16,33-34H,15H2,1-3H3,(H,31,36). The molecule has 0 unspecified atom stereocenters. The number of carbonyl (C=O) groups is 1. The zero-order valence-electron chi connectivity index (χ0n) is 21.5. The maximum absolute atomic E-state index is 12.5. The van der Waals surface area contributed by atoms with Gasteiger partial charge in [0.2, 0.25) is 5.75 Å². The van der Waals surface area contributed by atoms with Crippen LogP contribution in [0.4, 0.5) is 11.5 Å². The van der Waals surface area contributed by atoms with Gasteiger partial charge in [-0.05, 0) is 42.0 Å². The lowest BCUT2D eigenvalue weighted by Crippen LogP contribution is -2.22. The number of ether oxygens (including phenoxy) is 3. The molecule has 1 amide bonds. The van der Waals surface area contributed by atoms with Crippen LogP contribution < -0.4 is 24.8 Å². The monoisotopic (exact) mass is 523 g/mol. The van der Waals surface area contributed by atoms with Gasteiger partial charge in [-0.3, -0.25) is 9.78 Å². The van der Waals surface area contributed by atoms with E-state index in [0.29, 0.717) is 52.1 Å². The molecule has 3 aromatic heterocycles. The molecule has 11 heteroatoms. The van der Waals surface area contributed by atoms with Crippen LogP contribution in [0.1, 0.15) is 21.5 Å². The molecule has 0 saturated carbocycles. The van der Waals surface area contributed by atoms with Crippen LogP contribution in [-0.4, -0.2) is 46.8 Å². The van der Waals surface area contributed by atoms with Crippen molar-refractivity contribution in [1.29, 1.82) is 5.26 Å². The Bertz CT molecular complexity index is 1660. The molecule has 0 radical (unpaired) electrons. The van der Waals surface area contributed by atoms with Gasteiger partial charge in [0, 0.05) is 35.8 Å². The second kappa shape index (κ2) is 10.9. The van der Waals surface area contributed by atoms with E-state index in [4.69, 9.17) is 14.2 Å². The quantitative estimate of drug-likeness (QED) is 0.260. The summed E-state index contributed by atoms with van der Waals surface area (Å²) in [5.74, 6) is 1.84. The number of rotatable bonds is 9. The number of nitrogens with one attached hydrogen (secondary N) is 3. The molecular formula is C28H25N7O4. The Balaban J connectivity index is 1.50. The Kier molecular flexibility index (Phi) is 7.00. The molecule has 0 saturated heterocycles. The average Bonchev–Trinajstić information content (AvgIpc) is 3.55. The number of nitriles is 1. The van der Waals surface area contributed by atoms with Gasteiger partial charge >= 0.3 is 0 Å². The minimum atomic E-state index is -0.187. The third-order valence-electron chi connectivity index (χ3n) is 6.12. The van der Waals surface area contributed by atoms with Crippen molar-refractivity contribution >= 4 is 23.1 Å². The molecule has 0 atom stereocenters. The Morgan fingerprint density at radius 3 is 2.46 bits per heavy atom. The SMILES string of the molecule is COc1cc(-c2[nH]c3c(C#N)cnn3c2Nc2cccc(CNC(=O)c3ccncc3)c2)cc(OC)c1OC. The molecular weight excluding hydrogens is 498 g/mol. The van der Waals surface area contributed by atoms with Gasteiger partial charge in [-0.15, -0.1) is 0 Å². The van der Waals surface area contributed by atoms with Crippen molar-refractivity contribution in [3.8, 4) is 34.6 Å². The van der Waals surface area contributed by atoms with Crippen molar-refractivity contribution in [1.82, 2.24) is 24.9 Å². The largest absolute Gasteiger partial charge is 0.493 e. The van der Waals surface area contributed by atoms with E-state index in [2.05, 4.69) is 31.8 Å². The summed E-state index contributed by atoms with van der Waals surface area (Å²) in [6.07, 6.45) is 4.66. The molecule has 0 bridgehead atoms. The van der Waals surface area contributed by atoms with Crippen LogP contribution in [0.5, 0.6) is 17.2 Å². The van der Waals surface area contributed by atoms with Crippen LogP contribution in [0.25, 0.3) is 16.9 Å². The predicted octanol–water partition coefficient (Wildman–Crippen LogP) is 4.30. The van der Waals surface area contributed by atoms with E-state index in [1.165, 1.54) is 6.20 Å². The number of fused-ring (bicyclic) bond motifs is 1. The number of nitrogens with zero attached hydrogens (tertiary/aromatic N) is 4. The third-order valence-corrected chi connectivity index (χ3v) is 6.12. The molecule has 2 aromatic carbocycles. The van der Waals surface area contributed by atoms with Gasteiger partial charge in [0.1, 0.15) is 11.6 Å². The number of hydrogen-bond donors (Lipinski definition) is 3. The number of imidazole rings is 1. The van der Waals surface area contributed by atoms with E-state index < -0.39 is 0 Å². The summed E-state index contributed by atoms with van der Waals surface area (Å²) >= 11 is 0. The van der Waals surface area contributed by atoms with Crippen LogP contribution in [0.15, 0.2) is 67.1 Å². The highest BCUT2D eigenvalue weighted by Crippen LogP contribution is 2.43. The normalized spacial score (nSPS) is 10.6. The number of anilines is 2. The molecule has 0 aliphatic rings. The molecule has 11 nitrogen and oxygen atoms in total. The van der Waals surface area contributed by atoms with Crippen LogP contribution in [0.3, 0.4) is 0 Å². The van der Waals surface area contributed by atoms with Crippen LogP contribution in [0, 0.1) is 11.3 Å². The highest BCUT2D eigenvalue weighted by molar-refractivity contribution is 5.94. The van der Waals surface area contributed by atoms with Crippen molar-refractivity contribution in [3.63, 3.8) is 0 Å². The molecule has 0 aliphatic heterocycles. The number of benzene rings is 2. The number of aromatic nitrogens is 4. The van der Waals surface area contributed by atoms with Crippen molar-refractivity contribution in [3.05, 3.63) is 83.8 Å². The Morgan fingerprint density at radius 1 is 1.05 bits per heavy atom. The first kappa shape index (κ1) is 25.2. The summed E-state index contributed by atoms with van der Waals surface area (Å²) in [7, 11) is 4.64. The van der Waals surface area contributed by atoms with Gasteiger partial charge in [-0.25, -0.2) is 0 Å². The number of carbonyl (C=O) groups excluding carboxylic acids is 1. The number of aromatic amines is 1. The molecule has 39 heavy (non-hydrogen) atoms. The third kappa shape index (κ3) is 4.91. The highest BCUT2D eigenvalue weighted by Gasteiger charge is 2.21.